The quantitative estimate of drug-likeness (QED) is 0.644. The molecule has 0 fully saturated rings. The molecule has 0 atom stereocenters. The molecular formula is C21H21NO. The molecule has 0 radical (unpaired) electrons. The van der Waals surface area contributed by atoms with Crippen molar-refractivity contribution in [2.75, 3.05) is 25.1 Å². The van der Waals surface area contributed by atoms with E-state index in [1.807, 2.05) is 30.3 Å². The van der Waals surface area contributed by atoms with E-state index in [1.54, 1.807) is 0 Å². The van der Waals surface area contributed by atoms with Crippen molar-refractivity contribution in [3.63, 3.8) is 0 Å². The normalized spacial score (nSPS) is 10.3. The lowest BCUT2D eigenvalue weighted by atomic mass is 10.1. The van der Waals surface area contributed by atoms with E-state index in [0.717, 1.165) is 17.9 Å². The molecule has 3 aromatic carbocycles. The van der Waals surface area contributed by atoms with E-state index in [4.69, 9.17) is 4.74 Å². The number of likely N-dealkylation sites (N-methyl/N-ethyl adjacent to an activating group) is 1. The topological polar surface area (TPSA) is 12.5 Å². The molecule has 3 rings (SSSR count). The summed E-state index contributed by atoms with van der Waals surface area (Å²) in [5.41, 5.74) is 3.52. The summed E-state index contributed by atoms with van der Waals surface area (Å²) in [5, 5.41) is 0. The van der Waals surface area contributed by atoms with Crippen molar-refractivity contribution in [2.24, 2.45) is 0 Å². The molecule has 0 N–H and O–H groups in total. The van der Waals surface area contributed by atoms with Crippen LogP contribution < -0.4 is 9.64 Å². The third-order valence-corrected chi connectivity index (χ3v) is 3.85. The zero-order valence-corrected chi connectivity index (χ0v) is 13.4. The van der Waals surface area contributed by atoms with Crippen molar-refractivity contribution in [2.45, 2.75) is 0 Å². The summed E-state index contributed by atoms with van der Waals surface area (Å²) in [7, 11) is 2.09. The fourth-order valence-electron chi connectivity index (χ4n) is 2.55. The van der Waals surface area contributed by atoms with Crippen LogP contribution in [0.4, 0.5) is 5.69 Å². The Hall–Kier alpha value is -2.74. The standard InChI is InChI=1S/C21H21NO/c1-22(19-12-6-3-7-13-19)16-17-23-21-15-9-8-14-20(21)18-10-4-2-5-11-18/h2-15H,16-17H2,1H3. The van der Waals surface area contributed by atoms with Gasteiger partial charge in [-0.3, -0.25) is 0 Å². The molecule has 0 saturated carbocycles. The van der Waals surface area contributed by atoms with Crippen LogP contribution in [0.3, 0.4) is 0 Å². The number of benzene rings is 3. The highest BCUT2D eigenvalue weighted by molar-refractivity contribution is 5.70. The van der Waals surface area contributed by atoms with Crippen LogP contribution in [-0.4, -0.2) is 20.2 Å². The highest BCUT2D eigenvalue weighted by Gasteiger charge is 2.06. The molecule has 0 aliphatic heterocycles. The molecule has 23 heavy (non-hydrogen) atoms. The Kier molecular flexibility index (Phi) is 4.95. The van der Waals surface area contributed by atoms with Gasteiger partial charge in [0.2, 0.25) is 0 Å². The first kappa shape index (κ1) is 15.2. The second kappa shape index (κ2) is 7.50. The van der Waals surface area contributed by atoms with Gasteiger partial charge in [-0.25, -0.2) is 0 Å². The zero-order valence-electron chi connectivity index (χ0n) is 13.4. The van der Waals surface area contributed by atoms with Gasteiger partial charge in [-0.2, -0.15) is 0 Å². The van der Waals surface area contributed by atoms with Gasteiger partial charge in [0.25, 0.3) is 0 Å². The fraction of sp³-hybridized carbons (Fsp3) is 0.143. The van der Waals surface area contributed by atoms with Crippen LogP contribution in [0.15, 0.2) is 84.9 Å². The molecule has 0 heterocycles. The predicted octanol–water partition coefficient (Wildman–Crippen LogP) is 4.87. The van der Waals surface area contributed by atoms with Gasteiger partial charge in [-0.1, -0.05) is 66.7 Å². The highest BCUT2D eigenvalue weighted by Crippen LogP contribution is 2.29. The third-order valence-electron chi connectivity index (χ3n) is 3.85. The van der Waals surface area contributed by atoms with Gasteiger partial charge in [0, 0.05) is 18.3 Å². The van der Waals surface area contributed by atoms with E-state index in [1.165, 1.54) is 11.3 Å². The largest absolute Gasteiger partial charge is 0.491 e. The van der Waals surface area contributed by atoms with Crippen LogP contribution in [0.25, 0.3) is 11.1 Å². The predicted molar refractivity (Wildman–Crippen MR) is 97.1 cm³/mol. The van der Waals surface area contributed by atoms with Crippen LogP contribution in [0.1, 0.15) is 0 Å². The Labute approximate surface area is 138 Å². The second-order valence-electron chi connectivity index (χ2n) is 5.47. The van der Waals surface area contributed by atoms with Crippen molar-refractivity contribution in [1.29, 1.82) is 0 Å². The van der Waals surface area contributed by atoms with Gasteiger partial charge in [-0.15, -0.1) is 0 Å². The van der Waals surface area contributed by atoms with Crippen LogP contribution in [0, 0.1) is 0 Å². The maximum atomic E-state index is 6.04. The fourth-order valence-corrected chi connectivity index (χ4v) is 2.55. The summed E-state index contributed by atoms with van der Waals surface area (Å²) in [5.74, 6) is 0.931. The van der Waals surface area contributed by atoms with Crippen molar-refractivity contribution >= 4 is 5.69 Å². The lowest BCUT2D eigenvalue weighted by Crippen LogP contribution is -2.23. The second-order valence-corrected chi connectivity index (χ2v) is 5.47. The van der Waals surface area contributed by atoms with Crippen molar-refractivity contribution in [3.05, 3.63) is 84.9 Å². The van der Waals surface area contributed by atoms with E-state index in [-0.39, 0.29) is 0 Å². The summed E-state index contributed by atoms with van der Waals surface area (Å²) in [6, 6.07) is 28.9. The number of ether oxygens (including phenoxy) is 1. The maximum Gasteiger partial charge on any atom is 0.127 e. The van der Waals surface area contributed by atoms with E-state index in [0.29, 0.717) is 6.61 Å². The van der Waals surface area contributed by atoms with Crippen molar-refractivity contribution < 1.29 is 4.74 Å². The first-order valence-corrected chi connectivity index (χ1v) is 7.88. The molecule has 116 valence electrons. The molecule has 0 aliphatic rings. The number of hydrogen-bond acceptors (Lipinski definition) is 2. The first-order chi connectivity index (χ1) is 11.3. The Morgan fingerprint density at radius 2 is 1.35 bits per heavy atom. The summed E-state index contributed by atoms with van der Waals surface area (Å²) in [6.45, 7) is 1.49. The van der Waals surface area contributed by atoms with Crippen LogP contribution >= 0.6 is 0 Å². The molecule has 0 saturated heterocycles. The highest BCUT2D eigenvalue weighted by atomic mass is 16.5. The Balaban J connectivity index is 1.65. The summed E-state index contributed by atoms with van der Waals surface area (Å²) < 4.78 is 6.04. The summed E-state index contributed by atoms with van der Waals surface area (Å²) >= 11 is 0. The minimum Gasteiger partial charge on any atom is -0.491 e. The minimum atomic E-state index is 0.648. The average molecular weight is 303 g/mol. The van der Waals surface area contributed by atoms with Gasteiger partial charge < -0.3 is 9.64 Å². The summed E-state index contributed by atoms with van der Waals surface area (Å²) in [4.78, 5) is 2.20. The smallest absolute Gasteiger partial charge is 0.127 e. The van der Waals surface area contributed by atoms with Gasteiger partial charge >= 0.3 is 0 Å². The SMILES string of the molecule is CN(CCOc1ccccc1-c1ccccc1)c1ccccc1. The zero-order chi connectivity index (χ0) is 15.9. The summed E-state index contributed by atoms with van der Waals surface area (Å²) in [6.07, 6.45) is 0. The van der Waals surface area contributed by atoms with Gasteiger partial charge in [0.15, 0.2) is 0 Å². The van der Waals surface area contributed by atoms with Crippen LogP contribution in [-0.2, 0) is 0 Å². The monoisotopic (exact) mass is 303 g/mol. The van der Waals surface area contributed by atoms with Gasteiger partial charge in [0.1, 0.15) is 12.4 Å². The minimum absolute atomic E-state index is 0.648. The van der Waals surface area contributed by atoms with Gasteiger partial charge in [-0.05, 0) is 23.8 Å². The molecule has 3 aromatic rings. The molecule has 0 bridgehead atoms. The molecular weight excluding hydrogens is 282 g/mol. The van der Waals surface area contributed by atoms with E-state index < -0.39 is 0 Å². The Morgan fingerprint density at radius 3 is 2.09 bits per heavy atom. The van der Waals surface area contributed by atoms with E-state index in [9.17, 15) is 0 Å². The number of anilines is 1. The lowest BCUT2D eigenvalue weighted by molar-refractivity contribution is 0.327. The Bertz CT molecular complexity index is 725. The molecule has 2 nitrogen and oxygen atoms in total. The third kappa shape index (κ3) is 3.92. The maximum absolute atomic E-state index is 6.04. The van der Waals surface area contributed by atoms with Crippen molar-refractivity contribution in [1.82, 2.24) is 0 Å². The number of hydrogen-bond donors (Lipinski definition) is 0. The van der Waals surface area contributed by atoms with Crippen LogP contribution in [0.5, 0.6) is 5.75 Å². The van der Waals surface area contributed by atoms with Crippen LogP contribution in [0.2, 0.25) is 0 Å². The van der Waals surface area contributed by atoms with E-state index >= 15 is 0 Å². The van der Waals surface area contributed by atoms with Crippen molar-refractivity contribution in [3.8, 4) is 16.9 Å². The van der Waals surface area contributed by atoms with Gasteiger partial charge in [0.05, 0.1) is 6.54 Å². The molecule has 0 spiro atoms. The molecule has 0 unspecified atom stereocenters. The number of nitrogens with zero attached hydrogens (tertiary/aromatic N) is 1. The molecule has 0 amide bonds. The molecule has 2 heteroatoms. The molecule has 0 aliphatic carbocycles. The Morgan fingerprint density at radius 1 is 0.739 bits per heavy atom. The average Bonchev–Trinajstić information content (AvgIpc) is 2.63. The number of rotatable bonds is 6. The van der Waals surface area contributed by atoms with E-state index in [2.05, 4.69) is 66.5 Å². The molecule has 0 aromatic heterocycles. The first-order valence-electron chi connectivity index (χ1n) is 7.88. The number of para-hydroxylation sites is 2. The lowest BCUT2D eigenvalue weighted by Gasteiger charge is -2.20.